The van der Waals surface area contributed by atoms with Gasteiger partial charge in [-0.1, -0.05) is 39.7 Å². The molecule has 0 amide bonds. The van der Waals surface area contributed by atoms with Gasteiger partial charge in [-0.3, -0.25) is 4.79 Å². The lowest BCUT2D eigenvalue weighted by Crippen LogP contribution is -2.20. The van der Waals surface area contributed by atoms with Crippen molar-refractivity contribution in [3.05, 3.63) is 57.0 Å². The molecule has 0 radical (unpaired) electrons. The molecular weight excluding hydrogens is 354 g/mol. The van der Waals surface area contributed by atoms with Crippen molar-refractivity contribution in [2.75, 3.05) is 18.5 Å². The second-order valence-corrected chi connectivity index (χ2v) is 6.12. The Morgan fingerprint density at radius 3 is 3.00 bits per heavy atom. The largest absolute Gasteiger partial charge is 0.489 e. The van der Waals surface area contributed by atoms with Gasteiger partial charge in [-0.15, -0.1) is 0 Å². The van der Waals surface area contributed by atoms with Crippen LogP contribution in [-0.2, 0) is 6.42 Å². The number of halogens is 2. The molecule has 0 spiro atoms. The number of carbonyl (C=O) groups is 1. The van der Waals surface area contributed by atoms with Gasteiger partial charge in [0.1, 0.15) is 6.61 Å². The van der Waals surface area contributed by atoms with Crippen LogP contribution in [0.4, 0.5) is 5.69 Å². The molecule has 0 unspecified atom stereocenters. The number of benzene rings is 2. The number of para-hydroxylation sites is 1. The Kier molecular flexibility index (Phi) is 4.17. The van der Waals surface area contributed by atoms with Crippen molar-refractivity contribution in [1.29, 1.82) is 0 Å². The van der Waals surface area contributed by atoms with Crippen molar-refractivity contribution in [2.45, 2.75) is 6.42 Å². The molecule has 5 heteroatoms. The van der Waals surface area contributed by atoms with Gasteiger partial charge in [-0.25, -0.2) is 0 Å². The van der Waals surface area contributed by atoms with Gasteiger partial charge in [0.2, 0.25) is 0 Å². The Hall–Kier alpha value is -1.52. The Morgan fingerprint density at radius 2 is 2.19 bits per heavy atom. The molecular formula is C16H13BrClNO2. The molecule has 1 N–H and O–H groups in total. The summed E-state index contributed by atoms with van der Waals surface area (Å²) in [5.74, 6) is 0.641. The molecule has 0 saturated carbocycles. The molecule has 1 aliphatic heterocycles. The third-order valence-corrected chi connectivity index (χ3v) is 4.19. The summed E-state index contributed by atoms with van der Waals surface area (Å²) in [7, 11) is 0. The van der Waals surface area contributed by atoms with E-state index in [-0.39, 0.29) is 12.2 Å². The predicted octanol–water partition coefficient (Wildman–Crippen LogP) is 4.33. The van der Waals surface area contributed by atoms with Crippen LogP contribution >= 0.6 is 27.5 Å². The smallest absolute Gasteiger partial charge is 0.171 e. The van der Waals surface area contributed by atoms with E-state index in [0.717, 1.165) is 22.3 Å². The maximum Gasteiger partial charge on any atom is 0.171 e. The maximum atomic E-state index is 12.5. The van der Waals surface area contributed by atoms with Crippen LogP contribution in [-0.4, -0.2) is 18.9 Å². The van der Waals surface area contributed by atoms with E-state index in [0.29, 0.717) is 22.9 Å². The van der Waals surface area contributed by atoms with E-state index in [1.54, 1.807) is 12.1 Å². The zero-order valence-electron chi connectivity index (χ0n) is 11.2. The van der Waals surface area contributed by atoms with Gasteiger partial charge in [-0.05, 0) is 29.8 Å². The zero-order chi connectivity index (χ0) is 14.8. The van der Waals surface area contributed by atoms with E-state index in [4.69, 9.17) is 16.3 Å². The monoisotopic (exact) mass is 365 g/mol. The van der Waals surface area contributed by atoms with Gasteiger partial charge >= 0.3 is 0 Å². The van der Waals surface area contributed by atoms with Crippen molar-refractivity contribution < 1.29 is 9.53 Å². The minimum atomic E-state index is -0.000211. The minimum absolute atomic E-state index is 0.000211. The summed E-state index contributed by atoms with van der Waals surface area (Å²) >= 11 is 9.54. The fourth-order valence-electron chi connectivity index (χ4n) is 2.32. The van der Waals surface area contributed by atoms with Crippen molar-refractivity contribution in [1.82, 2.24) is 0 Å². The lowest BCUT2D eigenvalue weighted by molar-refractivity contribution is 0.0989. The number of ketones is 1. The fourth-order valence-corrected chi connectivity index (χ4v) is 3.06. The molecule has 0 atom stereocenters. The number of anilines is 1. The topological polar surface area (TPSA) is 38.3 Å². The molecule has 1 heterocycles. The Morgan fingerprint density at radius 1 is 1.33 bits per heavy atom. The van der Waals surface area contributed by atoms with E-state index in [1.807, 2.05) is 24.3 Å². The summed E-state index contributed by atoms with van der Waals surface area (Å²) in [5.41, 5.74) is 2.28. The summed E-state index contributed by atoms with van der Waals surface area (Å²) in [6.07, 6.45) is 0.256. The highest BCUT2D eigenvalue weighted by Crippen LogP contribution is 2.32. The molecule has 2 aromatic rings. The summed E-state index contributed by atoms with van der Waals surface area (Å²) < 4.78 is 6.54. The molecule has 3 nitrogen and oxygen atoms in total. The van der Waals surface area contributed by atoms with Crippen LogP contribution in [0.15, 0.2) is 40.9 Å². The number of hydrogen-bond acceptors (Lipinski definition) is 3. The molecule has 2 aromatic carbocycles. The lowest BCUT2D eigenvalue weighted by atomic mass is 10.0. The molecule has 0 aliphatic carbocycles. The molecule has 0 saturated heterocycles. The number of nitrogens with one attached hydrogen (secondary N) is 1. The van der Waals surface area contributed by atoms with E-state index < -0.39 is 0 Å². The first-order valence-electron chi connectivity index (χ1n) is 6.62. The van der Waals surface area contributed by atoms with Crippen LogP contribution in [0, 0.1) is 0 Å². The minimum Gasteiger partial charge on any atom is -0.489 e. The second kappa shape index (κ2) is 6.08. The average Bonchev–Trinajstić information content (AvgIpc) is 2.49. The van der Waals surface area contributed by atoms with Crippen molar-refractivity contribution in [3.63, 3.8) is 0 Å². The second-order valence-electron chi connectivity index (χ2n) is 4.79. The summed E-state index contributed by atoms with van der Waals surface area (Å²) in [5, 5.41) is 3.82. The standard InChI is InChI=1S/C16H13BrClNO2/c17-11-5-4-10(13(18)9-11)8-15(20)12-2-1-3-14-16(12)21-7-6-19-14/h1-5,9,19H,6-8H2. The van der Waals surface area contributed by atoms with Gasteiger partial charge in [0, 0.05) is 22.5 Å². The van der Waals surface area contributed by atoms with E-state index in [9.17, 15) is 4.79 Å². The van der Waals surface area contributed by atoms with Gasteiger partial charge in [-0.2, -0.15) is 0 Å². The SMILES string of the molecule is O=C(Cc1ccc(Br)cc1Cl)c1cccc2c1OCCN2. The highest BCUT2D eigenvalue weighted by molar-refractivity contribution is 9.10. The van der Waals surface area contributed by atoms with Crippen LogP contribution < -0.4 is 10.1 Å². The Balaban J connectivity index is 1.89. The average molecular weight is 367 g/mol. The van der Waals surface area contributed by atoms with Crippen LogP contribution in [0.2, 0.25) is 5.02 Å². The fraction of sp³-hybridized carbons (Fsp3) is 0.188. The number of fused-ring (bicyclic) bond motifs is 1. The number of hydrogen-bond donors (Lipinski definition) is 1. The first-order valence-corrected chi connectivity index (χ1v) is 7.79. The first kappa shape index (κ1) is 14.4. The summed E-state index contributed by atoms with van der Waals surface area (Å²) in [6.45, 7) is 1.32. The summed E-state index contributed by atoms with van der Waals surface area (Å²) in [6, 6.07) is 11.1. The normalized spacial score (nSPS) is 13.0. The van der Waals surface area contributed by atoms with Crippen LogP contribution in [0.3, 0.4) is 0 Å². The first-order chi connectivity index (χ1) is 10.1. The molecule has 0 fully saturated rings. The van der Waals surface area contributed by atoms with E-state index >= 15 is 0 Å². The van der Waals surface area contributed by atoms with Crippen LogP contribution in [0.25, 0.3) is 0 Å². The van der Waals surface area contributed by atoms with E-state index in [1.165, 1.54) is 0 Å². The van der Waals surface area contributed by atoms with Gasteiger partial charge < -0.3 is 10.1 Å². The summed E-state index contributed by atoms with van der Waals surface area (Å²) in [4.78, 5) is 12.5. The van der Waals surface area contributed by atoms with Gasteiger partial charge in [0.25, 0.3) is 0 Å². The Bertz CT molecular complexity index is 703. The Labute approximate surface area is 136 Å². The number of carbonyl (C=O) groups excluding carboxylic acids is 1. The quantitative estimate of drug-likeness (QED) is 0.822. The number of rotatable bonds is 3. The molecule has 108 valence electrons. The molecule has 3 rings (SSSR count). The van der Waals surface area contributed by atoms with Crippen molar-refractivity contribution in [3.8, 4) is 5.75 Å². The maximum absolute atomic E-state index is 12.5. The van der Waals surface area contributed by atoms with E-state index in [2.05, 4.69) is 21.2 Å². The van der Waals surface area contributed by atoms with Crippen molar-refractivity contribution >= 4 is 39.0 Å². The van der Waals surface area contributed by atoms with Gasteiger partial charge in [0.15, 0.2) is 11.5 Å². The van der Waals surface area contributed by atoms with Gasteiger partial charge in [0.05, 0.1) is 11.3 Å². The zero-order valence-corrected chi connectivity index (χ0v) is 13.5. The van der Waals surface area contributed by atoms with Crippen LogP contribution in [0.1, 0.15) is 15.9 Å². The highest BCUT2D eigenvalue weighted by Gasteiger charge is 2.19. The van der Waals surface area contributed by atoms with Crippen LogP contribution in [0.5, 0.6) is 5.75 Å². The lowest BCUT2D eigenvalue weighted by Gasteiger charge is -2.21. The highest BCUT2D eigenvalue weighted by atomic mass is 79.9. The molecule has 1 aliphatic rings. The molecule has 0 aromatic heterocycles. The third-order valence-electron chi connectivity index (χ3n) is 3.35. The molecule has 21 heavy (non-hydrogen) atoms. The number of Topliss-reactive ketones (excluding diaryl/α,β-unsaturated/α-hetero) is 1. The number of ether oxygens (including phenoxy) is 1. The predicted molar refractivity (Wildman–Crippen MR) is 87.6 cm³/mol. The van der Waals surface area contributed by atoms with Crippen molar-refractivity contribution in [2.24, 2.45) is 0 Å². The third kappa shape index (κ3) is 3.06. The molecule has 0 bridgehead atoms.